The highest BCUT2D eigenvalue weighted by Crippen LogP contribution is 2.14. The predicted molar refractivity (Wildman–Crippen MR) is 84.2 cm³/mol. The molecule has 2 aromatic rings. The molecule has 1 N–H and O–H groups in total. The molecule has 1 unspecified atom stereocenters. The number of methoxy groups -OCH3 is 1. The van der Waals surface area contributed by atoms with Crippen LogP contribution in [0.3, 0.4) is 0 Å². The normalized spacial score (nSPS) is 11.5. The second-order valence-electron chi connectivity index (χ2n) is 5.06. The third-order valence-electron chi connectivity index (χ3n) is 3.39. The number of benzene rings is 2. The number of hydrogen-bond donors (Lipinski definition) is 1. The van der Waals surface area contributed by atoms with E-state index < -0.39 is 0 Å². The average molecular weight is 294 g/mol. The zero-order valence-electron chi connectivity index (χ0n) is 12.7. The molecule has 0 radical (unpaired) electrons. The Bertz CT molecular complexity index is 687. The van der Waals surface area contributed by atoms with Crippen molar-refractivity contribution in [3.8, 4) is 6.07 Å². The summed E-state index contributed by atoms with van der Waals surface area (Å²) >= 11 is 0. The monoisotopic (exact) mass is 294 g/mol. The Morgan fingerprint density at radius 1 is 1.27 bits per heavy atom. The molecule has 4 nitrogen and oxygen atoms in total. The molecule has 0 aliphatic heterocycles. The molecule has 4 heteroatoms. The number of nitriles is 1. The summed E-state index contributed by atoms with van der Waals surface area (Å²) in [7, 11) is 1.62. The maximum Gasteiger partial charge on any atom is 0.251 e. The van der Waals surface area contributed by atoms with Crippen molar-refractivity contribution in [1.82, 2.24) is 5.32 Å². The van der Waals surface area contributed by atoms with E-state index >= 15 is 0 Å². The van der Waals surface area contributed by atoms with Gasteiger partial charge in [0.2, 0.25) is 0 Å². The molecule has 0 fully saturated rings. The van der Waals surface area contributed by atoms with Gasteiger partial charge < -0.3 is 10.1 Å². The largest absolute Gasteiger partial charge is 0.380 e. The summed E-state index contributed by atoms with van der Waals surface area (Å²) in [5, 5.41) is 11.8. The van der Waals surface area contributed by atoms with Crippen molar-refractivity contribution >= 4 is 5.91 Å². The summed E-state index contributed by atoms with van der Waals surface area (Å²) in [4.78, 5) is 12.3. The minimum Gasteiger partial charge on any atom is -0.380 e. The molecular weight excluding hydrogens is 276 g/mol. The zero-order valence-corrected chi connectivity index (χ0v) is 12.7. The molecule has 0 spiro atoms. The number of amides is 1. The summed E-state index contributed by atoms with van der Waals surface area (Å²) in [5.74, 6) is -0.130. The van der Waals surface area contributed by atoms with Gasteiger partial charge in [0.15, 0.2) is 0 Å². The molecule has 0 heterocycles. The first-order valence-electron chi connectivity index (χ1n) is 7.03. The summed E-state index contributed by atoms with van der Waals surface area (Å²) in [6, 6.07) is 16.5. The molecule has 0 saturated carbocycles. The van der Waals surface area contributed by atoms with Crippen LogP contribution in [0.2, 0.25) is 0 Å². The average Bonchev–Trinajstić information content (AvgIpc) is 2.55. The van der Waals surface area contributed by atoms with Gasteiger partial charge in [-0.3, -0.25) is 4.79 Å². The van der Waals surface area contributed by atoms with Crippen molar-refractivity contribution in [1.29, 1.82) is 5.26 Å². The van der Waals surface area contributed by atoms with E-state index in [1.165, 1.54) is 0 Å². The Labute approximate surface area is 130 Å². The van der Waals surface area contributed by atoms with Crippen LogP contribution in [0.25, 0.3) is 0 Å². The molecule has 112 valence electrons. The van der Waals surface area contributed by atoms with Gasteiger partial charge in [-0.05, 0) is 42.3 Å². The number of carbonyl (C=O) groups excluding carboxylic acids is 1. The summed E-state index contributed by atoms with van der Waals surface area (Å²) in [6.07, 6.45) is 0. The van der Waals surface area contributed by atoms with Gasteiger partial charge in [-0.1, -0.05) is 24.3 Å². The van der Waals surface area contributed by atoms with E-state index in [2.05, 4.69) is 11.4 Å². The lowest BCUT2D eigenvalue weighted by Crippen LogP contribution is -2.26. The van der Waals surface area contributed by atoms with Gasteiger partial charge in [0, 0.05) is 12.7 Å². The third-order valence-corrected chi connectivity index (χ3v) is 3.39. The Morgan fingerprint density at radius 2 is 2.00 bits per heavy atom. The van der Waals surface area contributed by atoms with Crippen LogP contribution in [0.15, 0.2) is 48.5 Å². The molecule has 22 heavy (non-hydrogen) atoms. The van der Waals surface area contributed by atoms with E-state index in [1.807, 2.05) is 37.3 Å². The van der Waals surface area contributed by atoms with Gasteiger partial charge in [0.05, 0.1) is 24.3 Å². The molecular formula is C18H18N2O2. The van der Waals surface area contributed by atoms with E-state index in [0.717, 1.165) is 11.1 Å². The second-order valence-corrected chi connectivity index (χ2v) is 5.06. The van der Waals surface area contributed by atoms with Crippen LogP contribution in [0.1, 0.15) is 40.0 Å². The second kappa shape index (κ2) is 7.39. The molecule has 0 aliphatic carbocycles. The van der Waals surface area contributed by atoms with E-state index in [0.29, 0.717) is 17.7 Å². The molecule has 2 rings (SSSR count). The molecule has 0 saturated heterocycles. The highest BCUT2D eigenvalue weighted by Gasteiger charge is 2.11. The number of hydrogen-bond acceptors (Lipinski definition) is 3. The maximum absolute atomic E-state index is 12.3. The Balaban J connectivity index is 2.07. The van der Waals surface area contributed by atoms with Crippen LogP contribution in [0.5, 0.6) is 0 Å². The van der Waals surface area contributed by atoms with Crippen molar-refractivity contribution in [3.05, 3.63) is 70.8 Å². The topological polar surface area (TPSA) is 62.1 Å². The van der Waals surface area contributed by atoms with Crippen LogP contribution in [-0.2, 0) is 11.3 Å². The lowest BCUT2D eigenvalue weighted by atomic mass is 10.1. The molecule has 0 aromatic heterocycles. The van der Waals surface area contributed by atoms with Crippen LogP contribution in [0, 0.1) is 11.3 Å². The molecule has 0 aliphatic rings. The first-order valence-corrected chi connectivity index (χ1v) is 7.03. The van der Waals surface area contributed by atoms with Crippen molar-refractivity contribution < 1.29 is 9.53 Å². The highest BCUT2D eigenvalue weighted by atomic mass is 16.5. The van der Waals surface area contributed by atoms with Crippen LogP contribution >= 0.6 is 0 Å². The van der Waals surface area contributed by atoms with Gasteiger partial charge in [0.1, 0.15) is 0 Å². The number of ether oxygens (including phenoxy) is 1. The zero-order chi connectivity index (χ0) is 15.9. The van der Waals surface area contributed by atoms with Crippen LogP contribution < -0.4 is 5.32 Å². The standard InChI is InChI=1S/C18H18N2O2/c1-13(16-8-6-14(11-19)7-9-16)20-18(21)17-5-3-4-15(10-17)12-22-2/h3-10,13H,12H2,1-2H3,(H,20,21). The van der Waals surface area contributed by atoms with Gasteiger partial charge in [-0.2, -0.15) is 5.26 Å². The lowest BCUT2D eigenvalue weighted by Gasteiger charge is -2.15. The first kappa shape index (κ1) is 15.7. The van der Waals surface area contributed by atoms with E-state index in [9.17, 15) is 4.79 Å². The maximum atomic E-state index is 12.3. The quantitative estimate of drug-likeness (QED) is 0.921. The van der Waals surface area contributed by atoms with Gasteiger partial charge in [-0.15, -0.1) is 0 Å². The van der Waals surface area contributed by atoms with Crippen LogP contribution in [-0.4, -0.2) is 13.0 Å². The van der Waals surface area contributed by atoms with Crippen LogP contribution in [0.4, 0.5) is 0 Å². The molecule has 2 aromatic carbocycles. The molecule has 1 atom stereocenters. The summed E-state index contributed by atoms with van der Waals surface area (Å²) in [5.41, 5.74) is 3.13. The van der Waals surface area contributed by atoms with Crippen molar-refractivity contribution in [2.24, 2.45) is 0 Å². The number of rotatable bonds is 5. The molecule has 0 bridgehead atoms. The van der Waals surface area contributed by atoms with Gasteiger partial charge >= 0.3 is 0 Å². The van der Waals surface area contributed by atoms with E-state index in [-0.39, 0.29) is 11.9 Å². The molecule has 1 amide bonds. The van der Waals surface area contributed by atoms with Crippen molar-refractivity contribution in [2.75, 3.05) is 7.11 Å². The lowest BCUT2D eigenvalue weighted by molar-refractivity contribution is 0.0939. The fourth-order valence-electron chi connectivity index (χ4n) is 2.18. The van der Waals surface area contributed by atoms with E-state index in [1.54, 1.807) is 25.3 Å². The Morgan fingerprint density at radius 3 is 2.64 bits per heavy atom. The van der Waals surface area contributed by atoms with Crippen molar-refractivity contribution in [2.45, 2.75) is 19.6 Å². The smallest absolute Gasteiger partial charge is 0.251 e. The number of carbonyl (C=O) groups is 1. The fraction of sp³-hybridized carbons (Fsp3) is 0.222. The minimum absolute atomic E-state index is 0.130. The predicted octanol–water partition coefficient (Wildman–Crippen LogP) is 3.20. The van der Waals surface area contributed by atoms with E-state index in [4.69, 9.17) is 10.00 Å². The first-order chi connectivity index (χ1) is 10.6. The summed E-state index contributed by atoms with van der Waals surface area (Å²) < 4.78 is 5.08. The minimum atomic E-state index is -0.133. The Hall–Kier alpha value is -2.64. The van der Waals surface area contributed by atoms with Gasteiger partial charge in [-0.25, -0.2) is 0 Å². The van der Waals surface area contributed by atoms with Gasteiger partial charge in [0.25, 0.3) is 5.91 Å². The third kappa shape index (κ3) is 3.94. The SMILES string of the molecule is COCc1cccc(C(=O)NC(C)c2ccc(C#N)cc2)c1. The van der Waals surface area contributed by atoms with Crippen molar-refractivity contribution in [3.63, 3.8) is 0 Å². The highest BCUT2D eigenvalue weighted by molar-refractivity contribution is 5.94. The Kier molecular flexibility index (Phi) is 5.29. The summed E-state index contributed by atoms with van der Waals surface area (Å²) in [6.45, 7) is 2.39. The fourth-order valence-corrected chi connectivity index (χ4v) is 2.18. The number of nitrogens with one attached hydrogen (secondary N) is 1. The number of nitrogens with zero attached hydrogens (tertiary/aromatic N) is 1.